The molecule has 4 nitrogen and oxygen atoms in total. The molecule has 3 unspecified atom stereocenters. The van der Waals surface area contributed by atoms with Gasteiger partial charge in [0.2, 0.25) is 0 Å². The molecule has 3 rings (SSSR count). The number of benzene rings is 2. The topological polar surface area (TPSA) is 46.6 Å². The van der Waals surface area contributed by atoms with E-state index in [2.05, 4.69) is 0 Å². The first-order chi connectivity index (χ1) is 11.6. The van der Waals surface area contributed by atoms with E-state index < -0.39 is 12.0 Å². The van der Waals surface area contributed by atoms with Crippen LogP contribution in [0.1, 0.15) is 28.4 Å². The zero-order valence-corrected chi connectivity index (χ0v) is 13.9. The number of likely N-dealkylation sites (N-methyl/N-ethyl adjacent to an activating group) is 1. The van der Waals surface area contributed by atoms with Gasteiger partial charge in [-0.1, -0.05) is 60.7 Å². The Balaban J connectivity index is 1.95. The Labute approximate surface area is 142 Å². The molecular weight excluding hydrogens is 302 g/mol. The summed E-state index contributed by atoms with van der Waals surface area (Å²) in [5.41, 5.74) is 1.73. The van der Waals surface area contributed by atoms with Crippen LogP contribution in [0.2, 0.25) is 0 Å². The zero-order chi connectivity index (χ0) is 17.1. The van der Waals surface area contributed by atoms with Crippen molar-refractivity contribution < 1.29 is 14.3 Å². The SMILES string of the molecule is COC(=O)C1CC(c2ccccc2)N(C)C1C(=O)c1ccccc1. The summed E-state index contributed by atoms with van der Waals surface area (Å²) in [6.45, 7) is 0. The van der Waals surface area contributed by atoms with Crippen LogP contribution >= 0.6 is 0 Å². The highest BCUT2D eigenvalue weighted by atomic mass is 16.5. The highest BCUT2D eigenvalue weighted by Crippen LogP contribution is 2.40. The van der Waals surface area contributed by atoms with E-state index in [1.807, 2.05) is 60.5 Å². The minimum absolute atomic E-state index is 0.0213. The van der Waals surface area contributed by atoms with Gasteiger partial charge in [-0.3, -0.25) is 14.5 Å². The highest BCUT2D eigenvalue weighted by molar-refractivity contribution is 6.02. The Morgan fingerprint density at radius 3 is 2.17 bits per heavy atom. The van der Waals surface area contributed by atoms with E-state index in [9.17, 15) is 9.59 Å². The molecule has 0 bridgehead atoms. The number of carbonyl (C=O) groups is 2. The van der Waals surface area contributed by atoms with Gasteiger partial charge in [0.25, 0.3) is 0 Å². The number of carbonyl (C=O) groups excluding carboxylic acids is 2. The van der Waals surface area contributed by atoms with Crippen molar-refractivity contribution in [1.29, 1.82) is 0 Å². The van der Waals surface area contributed by atoms with E-state index in [1.54, 1.807) is 12.1 Å². The maximum absolute atomic E-state index is 13.0. The number of hydrogen-bond donors (Lipinski definition) is 0. The summed E-state index contributed by atoms with van der Waals surface area (Å²) in [6.07, 6.45) is 0.580. The summed E-state index contributed by atoms with van der Waals surface area (Å²) >= 11 is 0. The maximum atomic E-state index is 13.0. The highest BCUT2D eigenvalue weighted by Gasteiger charge is 2.47. The fourth-order valence-corrected chi connectivity index (χ4v) is 3.58. The molecule has 124 valence electrons. The third-order valence-electron chi connectivity index (χ3n) is 4.80. The van der Waals surface area contributed by atoms with Crippen molar-refractivity contribution >= 4 is 11.8 Å². The van der Waals surface area contributed by atoms with E-state index in [-0.39, 0.29) is 17.8 Å². The van der Waals surface area contributed by atoms with E-state index >= 15 is 0 Å². The average molecular weight is 323 g/mol. The van der Waals surface area contributed by atoms with E-state index in [0.717, 1.165) is 5.56 Å². The van der Waals surface area contributed by atoms with Crippen LogP contribution in [-0.2, 0) is 9.53 Å². The third kappa shape index (κ3) is 2.97. The lowest BCUT2D eigenvalue weighted by Gasteiger charge is -2.26. The number of hydrogen-bond acceptors (Lipinski definition) is 4. The number of ketones is 1. The van der Waals surface area contributed by atoms with Gasteiger partial charge in [-0.2, -0.15) is 0 Å². The minimum Gasteiger partial charge on any atom is -0.469 e. The molecule has 1 aliphatic rings. The molecule has 0 aliphatic carbocycles. The second-order valence-electron chi connectivity index (χ2n) is 6.13. The Bertz CT molecular complexity index is 714. The maximum Gasteiger partial charge on any atom is 0.310 e. The summed E-state index contributed by atoms with van der Waals surface area (Å²) < 4.78 is 4.97. The van der Waals surface area contributed by atoms with Crippen LogP contribution in [0, 0.1) is 5.92 Å². The third-order valence-corrected chi connectivity index (χ3v) is 4.80. The lowest BCUT2D eigenvalue weighted by atomic mass is 9.92. The van der Waals surface area contributed by atoms with E-state index in [0.29, 0.717) is 12.0 Å². The van der Waals surface area contributed by atoms with Crippen LogP contribution < -0.4 is 0 Å². The zero-order valence-electron chi connectivity index (χ0n) is 13.9. The summed E-state index contributed by atoms with van der Waals surface area (Å²) in [5.74, 6) is -0.820. The first-order valence-corrected chi connectivity index (χ1v) is 8.07. The second-order valence-corrected chi connectivity index (χ2v) is 6.13. The average Bonchev–Trinajstić information content (AvgIpc) is 2.99. The van der Waals surface area contributed by atoms with Crippen LogP contribution in [-0.4, -0.2) is 36.9 Å². The number of rotatable bonds is 4. The van der Waals surface area contributed by atoms with Gasteiger partial charge in [0, 0.05) is 11.6 Å². The minimum atomic E-state index is -0.509. The number of likely N-dealkylation sites (tertiary alicyclic amines) is 1. The van der Waals surface area contributed by atoms with E-state index in [1.165, 1.54) is 7.11 Å². The monoisotopic (exact) mass is 323 g/mol. The lowest BCUT2D eigenvalue weighted by Crippen LogP contribution is -2.41. The fraction of sp³-hybridized carbons (Fsp3) is 0.300. The molecule has 1 heterocycles. The molecule has 1 fully saturated rings. The molecule has 0 saturated carbocycles. The van der Waals surface area contributed by atoms with Crippen molar-refractivity contribution in [1.82, 2.24) is 4.90 Å². The normalized spacial score (nSPS) is 23.8. The molecule has 4 heteroatoms. The van der Waals surface area contributed by atoms with Gasteiger partial charge in [-0.25, -0.2) is 0 Å². The molecule has 1 aliphatic heterocycles. The molecule has 24 heavy (non-hydrogen) atoms. The van der Waals surface area contributed by atoms with Gasteiger partial charge in [-0.05, 0) is 19.0 Å². The quantitative estimate of drug-likeness (QED) is 0.641. The standard InChI is InChI=1S/C20H21NO3/c1-21-17(14-9-5-3-6-10-14)13-16(20(23)24-2)18(21)19(22)15-11-7-4-8-12-15/h3-12,16-18H,13H2,1-2H3. The van der Waals surface area contributed by atoms with Gasteiger partial charge in [-0.15, -0.1) is 0 Å². The molecule has 2 aromatic carbocycles. The van der Waals surface area contributed by atoms with Crippen molar-refractivity contribution in [3.05, 3.63) is 71.8 Å². The van der Waals surface area contributed by atoms with Crippen LogP contribution in [0.25, 0.3) is 0 Å². The molecular formula is C20H21NO3. The Morgan fingerprint density at radius 1 is 1.00 bits per heavy atom. The molecule has 0 spiro atoms. The predicted molar refractivity (Wildman–Crippen MR) is 91.6 cm³/mol. The van der Waals surface area contributed by atoms with Gasteiger partial charge >= 0.3 is 5.97 Å². The van der Waals surface area contributed by atoms with E-state index in [4.69, 9.17) is 4.74 Å². The summed E-state index contributed by atoms with van der Waals surface area (Å²) in [7, 11) is 3.29. The number of nitrogens with zero attached hydrogens (tertiary/aromatic N) is 1. The predicted octanol–water partition coefficient (Wildman–Crippen LogP) is 3.10. The molecule has 2 aromatic rings. The summed E-state index contributed by atoms with van der Waals surface area (Å²) in [4.78, 5) is 27.3. The van der Waals surface area contributed by atoms with Crippen LogP contribution in [0.4, 0.5) is 0 Å². The second kappa shape index (κ2) is 6.97. The first kappa shape index (κ1) is 16.4. The molecule has 0 amide bonds. The van der Waals surface area contributed by atoms with Gasteiger partial charge in [0.1, 0.15) is 0 Å². The molecule has 3 atom stereocenters. The number of esters is 1. The van der Waals surface area contributed by atoms with Gasteiger partial charge < -0.3 is 4.74 Å². The lowest BCUT2D eigenvalue weighted by molar-refractivity contribution is -0.145. The Kier molecular flexibility index (Phi) is 4.76. The molecule has 0 radical (unpaired) electrons. The van der Waals surface area contributed by atoms with Gasteiger partial charge in [0.15, 0.2) is 5.78 Å². The Morgan fingerprint density at radius 2 is 1.58 bits per heavy atom. The molecule has 1 saturated heterocycles. The molecule has 0 aromatic heterocycles. The van der Waals surface area contributed by atoms with Crippen molar-refractivity contribution in [2.75, 3.05) is 14.2 Å². The Hall–Kier alpha value is -2.46. The van der Waals surface area contributed by atoms with Crippen molar-refractivity contribution in [3.63, 3.8) is 0 Å². The van der Waals surface area contributed by atoms with Crippen molar-refractivity contribution in [2.45, 2.75) is 18.5 Å². The van der Waals surface area contributed by atoms with Crippen LogP contribution in [0.3, 0.4) is 0 Å². The number of ether oxygens (including phenoxy) is 1. The number of methoxy groups -OCH3 is 1. The smallest absolute Gasteiger partial charge is 0.310 e. The van der Waals surface area contributed by atoms with Gasteiger partial charge in [0.05, 0.1) is 19.1 Å². The molecule has 0 N–H and O–H groups in total. The summed E-state index contributed by atoms with van der Waals surface area (Å²) in [5, 5.41) is 0. The van der Waals surface area contributed by atoms with Crippen molar-refractivity contribution in [3.8, 4) is 0 Å². The summed E-state index contributed by atoms with van der Waals surface area (Å²) in [6, 6.07) is 18.6. The first-order valence-electron chi connectivity index (χ1n) is 8.07. The van der Waals surface area contributed by atoms with Crippen LogP contribution in [0.15, 0.2) is 60.7 Å². The largest absolute Gasteiger partial charge is 0.469 e. The number of Topliss-reactive ketones (excluding diaryl/α,β-unsaturated/α-hetero) is 1. The fourth-order valence-electron chi connectivity index (χ4n) is 3.58. The van der Waals surface area contributed by atoms with Crippen LogP contribution in [0.5, 0.6) is 0 Å². The van der Waals surface area contributed by atoms with Crippen molar-refractivity contribution in [2.24, 2.45) is 5.92 Å².